The molecule has 4 rings (SSSR count). The number of ether oxygens (including phenoxy) is 2. The highest BCUT2D eigenvalue weighted by Gasteiger charge is 2.29. The number of hydrogen-bond acceptors (Lipinski definition) is 6. The number of carbonyl (C=O) groups excluding carboxylic acids is 1. The molecule has 0 saturated carbocycles. The maximum Gasteiger partial charge on any atom is 0.276 e. The van der Waals surface area contributed by atoms with Crippen molar-refractivity contribution in [2.24, 2.45) is 7.05 Å². The van der Waals surface area contributed by atoms with Crippen LogP contribution in [0.2, 0.25) is 0 Å². The fourth-order valence-corrected chi connectivity index (χ4v) is 3.94. The standard InChI is InChI=1S/C22H28N6O3/c1-14-18(15(2)27(4)24-14)10-11-26(3)22(29)21-19-13-31-20(12-28(19)25-23-21)16-6-8-17(30-5)9-7-16/h6-9,20H,10-13H2,1-5H3/t20-/m1/s1. The number of likely N-dealkylation sites (N-methyl/N-ethyl adjacent to an activating group) is 1. The molecule has 1 atom stereocenters. The van der Waals surface area contributed by atoms with Crippen molar-refractivity contribution >= 4 is 5.91 Å². The molecule has 0 unspecified atom stereocenters. The third-order valence-electron chi connectivity index (χ3n) is 5.99. The number of aryl methyl sites for hydroxylation is 2. The van der Waals surface area contributed by atoms with Gasteiger partial charge in [0.15, 0.2) is 5.69 Å². The van der Waals surface area contributed by atoms with Crippen molar-refractivity contribution in [3.63, 3.8) is 0 Å². The summed E-state index contributed by atoms with van der Waals surface area (Å²) in [6.07, 6.45) is 0.602. The SMILES string of the molecule is COc1ccc([C@H]2Cn3nnc(C(=O)N(C)CCc4c(C)nn(C)c4C)c3CO2)cc1. The normalized spacial score (nSPS) is 15.6. The number of fused-ring (bicyclic) bond motifs is 1. The van der Waals surface area contributed by atoms with Crippen molar-refractivity contribution in [3.05, 3.63) is 58.2 Å². The van der Waals surface area contributed by atoms with Gasteiger partial charge in [0.05, 0.1) is 31.6 Å². The summed E-state index contributed by atoms with van der Waals surface area (Å²) in [7, 11) is 5.37. The zero-order valence-corrected chi connectivity index (χ0v) is 18.6. The van der Waals surface area contributed by atoms with Gasteiger partial charge in [0, 0.05) is 26.3 Å². The average Bonchev–Trinajstić information content (AvgIpc) is 3.31. The van der Waals surface area contributed by atoms with Crippen molar-refractivity contribution in [2.75, 3.05) is 20.7 Å². The first-order valence-electron chi connectivity index (χ1n) is 10.3. The number of carbonyl (C=O) groups is 1. The van der Waals surface area contributed by atoms with E-state index in [1.165, 1.54) is 5.56 Å². The number of methoxy groups -OCH3 is 1. The summed E-state index contributed by atoms with van der Waals surface area (Å²) in [4.78, 5) is 14.7. The molecule has 164 valence electrons. The van der Waals surface area contributed by atoms with Crippen LogP contribution in [0.3, 0.4) is 0 Å². The van der Waals surface area contributed by atoms with Crippen LogP contribution in [0.5, 0.6) is 5.75 Å². The quantitative estimate of drug-likeness (QED) is 0.603. The van der Waals surface area contributed by atoms with E-state index in [1.54, 1.807) is 23.7 Å². The highest BCUT2D eigenvalue weighted by molar-refractivity contribution is 5.93. The predicted octanol–water partition coefficient (Wildman–Crippen LogP) is 2.22. The number of aromatic nitrogens is 5. The van der Waals surface area contributed by atoms with Crippen LogP contribution in [0.15, 0.2) is 24.3 Å². The van der Waals surface area contributed by atoms with Crippen LogP contribution in [0.4, 0.5) is 0 Å². The van der Waals surface area contributed by atoms with E-state index in [2.05, 4.69) is 15.4 Å². The van der Waals surface area contributed by atoms with Gasteiger partial charge in [-0.25, -0.2) is 4.68 Å². The molecular formula is C22H28N6O3. The molecule has 1 aliphatic rings. The zero-order chi connectivity index (χ0) is 22.1. The van der Waals surface area contributed by atoms with Crippen LogP contribution in [0.25, 0.3) is 0 Å². The first kappa shape index (κ1) is 21.0. The molecule has 9 nitrogen and oxygen atoms in total. The highest BCUT2D eigenvalue weighted by Crippen LogP contribution is 2.28. The smallest absolute Gasteiger partial charge is 0.276 e. The van der Waals surface area contributed by atoms with E-state index < -0.39 is 0 Å². The lowest BCUT2D eigenvalue weighted by Gasteiger charge is -2.25. The number of rotatable bonds is 6. The van der Waals surface area contributed by atoms with Gasteiger partial charge in [-0.1, -0.05) is 17.3 Å². The third kappa shape index (κ3) is 4.05. The van der Waals surface area contributed by atoms with Crippen LogP contribution < -0.4 is 4.74 Å². The van der Waals surface area contributed by atoms with E-state index in [0.29, 0.717) is 25.4 Å². The van der Waals surface area contributed by atoms with E-state index in [9.17, 15) is 4.79 Å². The maximum atomic E-state index is 13.0. The Morgan fingerprint density at radius 2 is 2.03 bits per heavy atom. The minimum atomic E-state index is -0.146. The Bertz CT molecular complexity index is 1090. The van der Waals surface area contributed by atoms with E-state index in [-0.39, 0.29) is 12.0 Å². The number of hydrogen-bond donors (Lipinski definition) is 0. The molecule has 0 saturated heterocycles. The van der Waals surface area contributed by atoms with Crippen LogP contribution in [-0.2, 0) is 31.4 Å². The Morgan fingerprint density at radius 3 is 2.68 bits per heavy atom. The summed E-state index contributed by atoms with van der Waals surface area (Å²) >= 11 is 0. The molecule has 31 heavy (non-hydrogen) atoms. The minimum absolute atomic E-state index is 0.141. The fraction of sp³-hybridized carbons (Fsp3) is 0.455. The maximum absolute atomic E-state index is 13.0. The largest absolute Gasteiger partial charge is 0.497 e. The second kappa shape index (κ2) is 8.50. The predicted molar refractivity (Wildman–Crippen MR) is 114 cm³/mol. The van der Waals surface area contributed by atoms with Crippen LogP contribution in [0, 0.1) is 13.8 Å². The van der Waals surface area contributed by atoms with Gasteiger partial charge in [0.1, 0.15) is 11.9 Å². The van der Waals surface area contributed by atoms with E-state index in [4.69, 9.17) is 9.47 Å². The molecule has 0 radical (unpaired) electrons. The lowest BCUT2D eigenvalue weighted by atomic mass is 10.1. The summed E-state index contributed by atoms with van der Waals surface area (Å²) in [5.41, 5.74) is 5.41. The molecule has 0 spiro atoms. The average molecular weight is 425 g/mol. The van der Waals surface area contributed by atoms with Gasteiger partial charge in [-0.15, -0.1) is 5.10 Å². The highest BCUT2D eigenvalue weighted by atomic mass is 16.5. The summed E-state index contributed by atoms with van der Waals surface area (Å²) in [5.74, 6) is 0.653. The molecule has 1 amide bonds. The molecule has 3 heterocycles. The van der Waals surface area contributed by atoms with Gasteiger partial charge in [0.2, 0.25) is 0 Å². The second-order valence-electron chi connectivity index (χ2n) is 7.89. The Hall–Kier alpha value is -3.20. The summed E-state index contributed by atoms with van der Waals surface area (Å²) in [5, 5.41) is 12.8. The zero-order valence-electron chi connectivity index (χ0n) is 18.6. The summed E-state index contributed by atoms with van der Waals surface area (Å²) < 4.78 is 14.9. The Labute approximate surface area is 181 Å². The summed E-state index contributed by atoms with van der Waals surface area (Å²) in [6, 6.07) is 7.78. The molecule has 1 aliphatic heterocycles. The molecule has 9 heteroatoms. The molecule has 0 bridgehead atoms. The van der Waals surface area contributed by atoms with Crippen molar-refractivity contribution < 1.29 is 14.3 Å². The molecule has 3 aromatic rings. The summed E-state index contributed by atoms with van der Waals surface area (Å²) in [6.45, 7) is 5.42. The van der Waals surface area contributed by atoms with Crippen LogP contribution in [0.1, 0.15) is 44.8 Å². The van der Waals surface area contributed by atoms with Gasteiger partial charge in [-0.3, -0.25) is 9.48 Å². The number of amides is 1. The van der Waals surface area contributed by atoms with Gasteiger partial charge in [-0.2, -0.15) is 5.10 Å². The van der Waals surface area contributed by atoms with Crippen molar-refractivity contribution in [2.45, 2.75) is 39.5 Å². The van der Waals surface area contributed by atoms with Gasteiger partial charge in [0.25, 0.3) is 5.91 Å². The van der Waals surface area contributed by atoms with E-state index in [0.717, 1.165) is 34.8 Å². The van der Waals surface area contributed by atoms with E-state index in [1.807, 2.05) is 49.8 Å². The molecule has 1 aromatic carbocycles. The Kier molecular flexibility index (Phi) is 5.77. The van der Waals surface area contributed by atoms with Crippen molar-refractivity contribution in [1.29, 1.82) is 0 Å². The molecule has 0 fully saturated rings. The Morgan fingerprint density at radius 1 is 1.29 bits per heavy atom. The molecule has 0 N–H and O–H groups in total. The second-order valence-corrected chi connectivity index (χ2v) is 7.89. The van der Waals surface area contributed by atoms with Gasteiger partial charge >= 0.3 is 0 Å². The van der Waals surface area contributed by atoms with Gasteiger partial charge in [-0.05, 0) is 43.5 Å². The van der Waals surface area contributed by atoms with Gasteiger partial charge < -0.3 is 14.4 Å². The Balaban J connectivity index is 1.43. The van der Waals surface area contributed by atoms with Crippen molar-refractivity contribution in [1.82, 2.24) is 29.7 Å². The third-order valence-corrected chi connectivity index (χ3v) is 5.99. The van der Waals surface area contributed by atoms with Crippen LogP contribution in [-0.4, -0.2) is 56.3 Å². The number of nitrogens with zero attached hydrogens (tertiary/aromatic N) is 6. The molecular weight excluding hydrogens is 396 g/mol. The first-order chi connectivity index (χ1) is 14.9. The van der Waals surface area contributed by atoms with E-state index >= 15 is 0 Å². The molecule has 2 aromatic heterocycles. The lowest BCUT2D eigenvalue weighted by Crippen LogP contribution is -2.31. The monoisotopic (exact) mass is 424 g/mol. The first-order valence-corrected chi connectivity index (χ1v) is 10.3. The van der Waals surface area contributed by atoms with Crippen molar-refractivity contribution in [3.8, 4) is 5.75 Å². The fourth-order valence-electron chi connectivity index (χ4n) is 3.94. The minimum Gasteiger partial charge on any atom is -0.497 e. The lowest BCUT2D eigenvalue weighted by molar-refractivity contribution is -0.00193. The van der Waals surface area contributed by atoms with Crippen LogP contribution >= 0.6 is 0 Å². The number of benzene rings is 1. The molecule has 0 aliphatic carbocycles. The topological polar surface area (TPSA) is 87.3 Å².